The molecule has 0 fully saturated rings. The number of carbonyl (C=O) groups is 2. The van der Waals surface area contributed by atoms with Gasteiger partial charge in [0.25, 0.3) is 5.91 Å². The molecule has 3 aromatic rings. The Hall–Kier alpha value is -3.35. The molecule has 190 valence electrons. The van der Waals surface area contributed by atoms with Crippen molar-refractivity contribution in [2.75, 3.05) is 5.32 Å². The summed E-state index contributed by atoms with van der Waals surface area (Å²) in [6, 6.07) is 9.48. The summed E-state index contributed by atoms with van der Waals surface area (Å²) in [5, 5.41) is 2.45. The quantitative estimate of drug-likeness (QED) is 0.184. The first-order chi connectivity index (χ1) is 16.8. The molecular weight excluding hydrogens is 595 g/mol. The highest BCUT2D eigenvalue weighted by atomic mass is 127. The molecule has 3 rings (SSSR count). The van der Waals surface area contributed by atoms with Gasteiger partial charge in [0.05, 0.1) is 5.56 Å². The molecule has 2 amide bonds. The van der Waals surface area contributed by atoms with Crippen LogP contribution in [-0.2, 0) is 11.2 Å². The zero-order valence-electron chi connectivity index (χ0n) is 19.3. The number of carbonyl (C=O) groups excluding carboxylic acids is 2. The van der Waals surface area contributed by atoms with Crippen LogP contribution < -0.4 is 15.8 Å². The molecule has 0 aromatic heterocycles. The van der Waals surface area contributed by atoms with Crippen molar-refractivity contribution in [3.8, 4) is 11.5 Å². The van der Waals surface area contributed by atoms with E-state index in [0.717, 1.165) is 6.07 Å². The monoisotopic (exact) mass is 616 g/mol. The van der Waals surface area contributed by atoms with E-state index < -0.39 is 64.2 Å². The summed E-state index contributed by atoms with van der Waals surface area (Å²) in [5.41, 5.74) is 3.27. The second kappa shape index (κ2) is 10.7. The van der Waals surface area contributed by atoms with Gasteiger partial charge in [-0.15, -0.1) is 0 Å². The molecule has 0 bridgehead atoms. The maximum atomic E-state index is 14.8. The number of halogens is 5. The van der Waals surface area contributed by atoms with Crippen LogP contribution >= 0.6 is 22.6 Å². The molecule has 0 radical (unpaired) electrons. The fraction of sp³-hybridized carbons (Fsp3) is 0.200. The fourth-order valence-corrected chi connectivity index (χ4v) is 3.69. The fourth-order valence-electron chi connectivity index (χ4n) is 3.24. The van der Waals surface area contributed by atoms with Gasteiger partial charge in [0.15, 0.2) is 17.4 Å². The largest absolute Gasteiger partial charge is 0.453 e. The van der Waals surface area contributed by atoms with Crippen molar-refractivity contribution in [3.05, 3.63) is 86.0 Å². The van der Waals surface area contributed by atoms with Gasteiger partial charge in [-0.3, -0.25) is 10.1 Å². The van der Waals surface area contributed by atoms with Crippen LogP contribution in [0.1, 0.15) is 42.3 Å². The minimum absolute atomic E-state index is 0.0719. The van der Waals surface area contributed by atoms with Gasteiger partial charge in [0.1, 0.15) is 17.2 Å². The number of nitrogens with one attached hydrogen (secondary N) is 1. The van der Waals surface area contributed by atoms with Gasteiger partial charge in [0.2, 0.25) is 5.82 Å². The maximum absolute atomic E-state index is 14.8. The molecule has 0 aliphatic heterocycles. The van der Waals surface area contributed by atoms with E-state index in [1.807, 2.05) is 22.6 Å². The van der Waals surface area contributed by atoms with Crippen molar-refractivity contribution in [3.63, 3.8) is 0 Å². The van der Waals surface area contributed by atoms with Gasteiger partial charge in [0, 0.05) is 27.3 Å². The molecule has 0 atom stereocenters. The highest BCUT2D eigenvalue weighted by molar-refractivity contribution is 14.1. The molecule has 36 heavy (non-hydrogen) atoms. The van der Waals surface area contributed by atoms with E-state index in [2.05, 4.69) is 5.32 Å². The van der Waals surface area contributed by atoms with Gasteiger partial charge in [-0.25, -0.2) is 18.0 Å². The zero-order valence-corrected chi connectivity index (χ0v) is 21.5. The van der Waals surface area contributed by atoms with E-state index in [-0.39, 0.29) is 17.0 Å². The summed E-state index contributed by atoms with van der Waals surface area (Å²) in [6.07, 6.45) is -1.38. The van der Waals surface area contributed by atoms with Crippen LogP contribution in [0.15, 0.2) is 42.5 Å². The van der Waals surface area contributed by atoms with E-state index in [9.17, 15) is 27.2 Å². The predicted molar refractivity (Wildman–Crippen MR) is 133 cm³/mol. The van der Waals surface area contributed by atoms with E-state index in [1.54, 1.807) is 20.8 Å². The molecule has 0 aliphatic rings. The Kier molecular flexibility index (Phi) is 8.12. The number of amides is 2. The molecule has 0 unspecified atom stereocenters. The number of benzene rings is 3. The van der Waals surface area contributed by atoms with Crippen LogP contribution in [0.5, 0.6) is 11.5 Å². The lowest BCUT2D eigenvalue weighted by Gasteiger charge is -2.20. The van der Waals surface area contributed by atoms with Crippen molar-refractivity contribution >= 4 is 40.3 Å². The van der Waals surface area contributed by atoms with Gasteiger partial charge >= 0.3 is 6.09 Å². The van der Waals surface area contributed by atoms with Crippen molar-refractivity contribution in [1.29, 1.82) is 0 Å². The molecule has 0 saturated heterocycles. The van der Waals surface area contributed by atoms with Crippen LogP contribution in [0.3, 0.4) is 0 Å². The van der Waals surface area contributed by atoms with Crippen LogP contribution in [0.2, 0.25) is 0 Å². The first-order valence-electron chi connectivity index (χ1n) is 10.5. The third-order valence-corrected chi connectivity index (χ3v) is 5.38. The first kappa shape index (κ1) is 27.2. The van der Waals surface area contributed by atoms with Crippen molar-refractivity contribution < 1.29 is 36.6 Å². The minimum atomic E-state index is -1.92. The zero-order chi connectivity index (χ0) is 26.8. The Morgan fingerprint density at radius 1 is 1.00 bits per heavy atom. The maximum Gasteiger partial charge on any atom is 0.412 e. The topological polar surface area (TPSA) is 90.7 Å². The predicted octanol–water partition coefficient (Wildman–Crippen LogP) is 6.68. The lowest BCUT2D eigenvalue weighted by Crippen LogP contribution is -2.27. The number of primary amides is 1. The number of ether oxygens (including phenoxy) is 2. The number of hydrogen-bond donors (Lipinski definition) is 2. The molecule has 3 N–H and O–H groups in total. The Bertz CT molecular complexity index is 1340. The molecule has 11 heteroatoms. The summed E-state index contributed by atoms with van der Waals surface area (Å²) in [4.78, 5) is 24.3. The molecule has 3 aromatic carbocycles. The highest BCUT2D eigenvalue weighted by Crippen LogP contribution is 2.36. The van der Waals surface area contributed by atoms with Gasteiger partial charge in [-0.1, -0.05) is 12.1 Å². The average molecular weight is 616 g/mol. The third kappa shape index (κ3) is 6.45. The molecule has 6 nitrogen and oxygen atoms in total. The van der Waals surface area contributed by atoms with Gasteiger partial charge < -0.3 is 15.2 Å². The van der Waals surface area contributed by atoms with Crippen LogP contribution in [-0.4, -0.2) is 17.6 Å². The van der Waals surface area contributed by atoms with E-state index in [0.29, 0.717) is 3.57 Å². The second-order valence-electron chi connectivity index (χ2n) is 8.66. The highest BCUT2D eigenvalue weighted by Gasteiger charge is 2.30. The number of rotatable bonds is 6. The smallest absolute Gasteiger partial charge is 0.412 e. The minimum Gasteiger partial charge on any atom is -0.453 e. The number of anilines is 1. The number of hydrogen-bond acceptors (Lipinski definition) is 4. The third-order valence-electron chi connectivity index (χ3n) is 4.71. The van der Waals surface area contributed by atoms with Crippen molar-refractivity contribution in [2.45, 2.75) is 32.8 Å². The number of nitrogens with two attached hydrogens (primary N) is 1. The molecular formula is C25H21F4IN2O4. The van der Waals surface area contributed by atoms with E-state index in [4.69, 9.17) is 15.2 Å². The molecule has 0 spiro atoms. The van der Waals surface area contributed by atoms with E-state index in [1.165, 1.54) is 36.4 Å². The van der Waals surface area contributed by atoms with Crippen LogP contribution in [0.25, 0.3) is 0 Å². The Morgan fingerprint density at radius 2 is 1.69 bits per heavy atom. The lowest BCUT2D eigenvalue weighted by molar-refractivity contribution is 0.0635. The van der Waals surface area contributed by atoms with Gasteiger partial charge in [-0.2, -0.15) is 4.39 Å². The second-order valence-corrected chi connectivity index (χ2v) is 9.90. The lowest BCUT2D eigenvalue weighted by atomic mass is 9.96. The van der Waals surface area contributed by atoms with Crippen LogP contribution in [0, 0.1) is 26.8 Å². The van der Waals surface area contributed by atoms with Crippen molar-refractivity contribution in [2.24, 2.45) is 5.73 Å². The molecule has 0 heterocycles. The van der Waals surface area contributed by atoms with Gasteiger partial charge in [-0.05, 0) is 73.2 Å². The van der Waals surface area contributed by atoms with E-state index >= 15 is 0 Å². The summed E-state index contributed by atoms with van der Waals surface area (Å²) >= 11 is 1.87. The Labute approximate surface area is 217 Å². The Morgan fingerprint density at radius 3 is 2.31 bits per heavy atom. The standard InChI is InChI=1S/C25H21F4IN2O4/c1-25(2,3)36-24(34)32-14-5-4-6-15(11-14)35-22-18(23(31)33)16(19(27)20(28)21(22)29)9-12-7-8-13(30)10-17(12)26/h4-8,10-11H,9H2,1-3H3,(H2,31,33)(H,32,34). The average Bonchev–Trinajstić information content (AvgIpc) is 2.75. The first-order valence-corrected chi connectivity index (χ1v) is 11.6. The molecule has 0 saturated carbocycles. The summed E-state index contributed by atoms with van der Waals surface area (Å²) in [6.45, 7) is 5.01. The normalized spacial score (nSPS) is 11.2. The Balaban J connectivity index is 2.03. The molecule has 0 aliphatic carbocycles. The summed E-state index contributed by atoms with van der Waals surface area (Å²) in [7, 11) is 0. The SMILES string of the molecule is CC(C)(C)OC(=O)Nc1cccc(Oc2c(F)c(F)c(F)c(Cc3ccc(I)cc3F)c2C(N)=O)c1. The van der Waals surface area contributed by atoms with Crippen molar-refractivity contribution in [1.82, 2.24) is 0 Å². The summed E-state index contributed by atoms with van der Waals surface area (Å²) < 4.78 is 69.6. The van der Waals surface area contributed by atoms with Crippen LogP contribution in [0.4, 0.5) is 28.0 Å². The summed E-state index contributed by atoms with van der Waals surface area (Å²) in [5.74, 6) is -8.56.